The van der Waals surface area contributed by atoms with E-state index < -0.39 is 4.92 Å². The second kappa shape index (κ2) is 9.52. The largest absolute Gasteiger partial charge is 0.493 e. The standard InChI is InChI=1S/C21H16BrNO4S/c22-17-7-9-18(10-8-17)27-12-13-28-20-11-6-16(14-19(20)23(25)26)21(24)15-4-2-1-3-5-15/h1-11,14H,12-13H2. The highest BCUT2D eigenvalue weighted by Crippen LogP contribution is 2.31. The first-order chi connectivity index (χ1) is 13.5. The van der Waals surface area contributed by atoms with Gasteiger partial charge in [0.1, 0.15) is 5.75 Å². The van der Waals surface area contributed by atoms with Crippen LogP contribution in [0, 0.1) is 10.1 Å². The zero-order chi connectivity index (χ0) is 19.9. The summed E-state index contributed by atoms with van der Waals surface area (Å²) < 4.78 is 6.60. The molecular formula is C21H16BrNO4S. The molecule has 28 heavy (non-hydrogen) atoms. The second-order valence-corrected chi connectivity index (χ2v) is 7.84. The first-order valence-corrected chi connectivity index (χ1v) is 10.2. The van der Waals surface area contributed by atoms with Gasteiger partial charge in [-0.1, -0.05) is 46.3 Å². The van der Waals surface area contributed by atoms with Crippen LogP contribution in [-0.4, -0.2) is 23.1 Å². The smallest absolute Gasteiger partial charge is 0.283 e. The molecule has 0 aliphatic heterocycles. The molecule has 0 fully saturated rings. The van der Waals surface area contributed by atoms with Crippen molar-refractivity contribution in [1.82, 2.24) is 0 Å². The Morgan fingerprint density at radius 3 is 2.39 bits per heavy atom. The summed E-state index contributed by atoms with van der Waals surface area (Å²) in [5.41, 5.74) is 0.726. The van der Waals surface area contributed by atoms with Crippen LogP contribution >= 0.6 is 27.7 Å². The maximum absolute atomic E-state index is 12.5. The average molecular weight is 458 g/mol. The van der Waals surface area contributed by atoms with E-state index in [1.807, 2.05) is 30.3 Å². The van der Waals surface area contributed by atoms with Crippen LogP contribution in [0.25, 0.3) is 0 Å². The Balaban J connectivity index is 1.66. The Hall–Kier alpha value is -2.64. The van der Waals surface area contributed by atoms with E-state index in [-0.39, 0.29) is 11.5 Å². The summed E-state index contributed by atoms with van der Waals surface area (Å²) in [6, 6.07) is 20.8. The molecule has 0 aliphatic carbocycles. The number of hydrogen-bond acceptors (Lipinski definition) is 5. The Kier molecular flexibility index (Phi) is 6.84. The third kappa shape index (κ3) is 5.21. The number of nitro benzene ring substituents is 1. The van der Waals surface area contributed by atoms with Crippen LogP contribution in [0.2, 0.25) is 0 Å². The topological polar surface area (TPSA) is 69.4 Å². The van der Waals surface area contributed by atoms with Gasteiger partial charge in [-0.2, -0.15) is 0 Å². The Bertz CT molecular complexity index is 977. The molecule has 3 aromatic carbocycles. The number of carbonyl (C=O) groups is 1. The quantitative estimate of drug-likeness (QED) is 0.141. The summed E-state index contributed by atoms with van der Waals surface area (Å²) >= 11 is 4.69. The summed E-state index contributed by atoms with van der Waals surface area (Å²) in [6.07, 6.45) is 0. The molecule has 142 valence electrons. The predicted molar refractivity (Wildman–Crippen MR) is 113 cm³/mol. The Labute approximate surface area is 175 Å². The molecule has 0 unspecified atom stereocenters. The normalized spacial score (nSPS) is 10.5. The molecule has 3 aromatic rings. The number of carbonyl (C=O) groups excluding carboxylic acids is 1. The van der Waals surface area contributed by atoms with Crippen molar-refractivity contribution in [3.63, 3.8) is 0 Å². The highest BCUT2D eigenvalue weighted by molar-refractivity contribution is 9.10. The summed E-state index contributed by atoms with van der Waals surface area (Å²) in [6.45, 7) is 0.411. The highest BCUT2D eigenvalue weighted by Gasteiger charge is 2.18. The van der Waals surface area contributed by atoms with E-state index >= 15 is 0 Å². The number of rotatable bonds is 8. The predicted octanol–water partition coefficient (Wildman–Crippen LogP) is 5.76. The third-order valence-corrected chi connectivity index (χ3v) is 5.43. The van der Waals surface area contributed by atoms with Gasteiger partial charge in [0, 0.05) is 27.4 Å². The Morgan fingerprint density at radius 1 is 1.00 bits per heavy atom. The lowest BCUT2D eigenvalue weighted by Gasteiger charge is -2.08. The van der Waals surface area contributed by atoms with Crippen LogP contribution in [0.4, 0.5) is 5.69 Å². The molecule has 5 nitrogen and oxygen atoms in total. The van der Waals surface area contributed by atoms with Gasteiger partial charge in [0.25, 0.3) is 5.69 Å². The number of thioether (sulfide) groups is 1. The molecule has 7 heteroatoms. The van der Waals surface area contributed by atoms with Gasteiger partial charge < -0.3 is 4.74 Å². The fraction of sp³-hybridized carbons (Fsp3) is 0.0952. The van der Waals surface area contributed by atoms with E-state index in [0.717, 1.165) is 10.2 Å². The summed E-state index contributed by atoms with van der Waals surface area (Å²) in [5.74, 6) is 1.05. The van der Waals surface area contributed by atoms with E-state index in [4.69, 9.17) is 4.74 Å². The number of nitrogens with zero attached hydrogens (tertiary/aromatic N) is 1. The van der Waals surface area contributed by atoms with Crippen LogP contribution in [0.15, 0.2) is 82.2 Å². The molecule has 3 rings (SSSR count). The second-order valence-electron chi connectivity index (χ2n) is 5.79. The van der Waals surface area contributed by atoms with Crippen LogP contribution in [0.3, 0.4) is 0 Å². The van der Waals surface area contributed by atoms with Crippen molar-refractivity contribution < 1.29 is 14.5 Å². The van der Waals surface area contributed by atoms with E-state index in [1.54, 1.807) is 36.4 Å². The van der Waals surface area contributed by atoms with Gasteiger partial charge in [0.15, 0.2) is 5.78 Å². The number of hydrogen-bond donors (Lipinski definition) is 0. The maximum Gasteiger partial charge on any atom is 0.283 e. The third-order valence-electron chi connectivity index (χ3n) is 3.88. The van der Waals surface area contributed by atoms with E-state index in [2.05, 4.69) is 15.9 Å². The molecule has 0 saturated heterocycles. The lowest BCUT2D eigenvalue weighted by Crippen LogP contribution is -2.04. The first-order valence-electron chi connectivity index (χ1n) is 8.44. The van der Waals surface area contributed by atoms with Gasteiger partial charge in [-0.05, 0) is 36.4 Å². The zero-order valence-electron chi connectivity index (χ0n) is 14.7. The molecule has 0 atom stereocenters. The first kappa shape index (κ1) is 20.1. The van der Waals surface area contributed by atoms with E-state index in [1.165, 1.54) is 17.8 Å². The highest BCUT2D eigenvalue weighted by atomic mass is 79.9. The van der Waals surface area contributed by atoms with Gasteiger partial charge in [0.05, 0.1) is 16.4 Å². The molecule has 0 radical (unpaired) electrons. The molecule has 0 aromatic heterocycles. The minimum Gasteiger partial charge on any atom is -0.493 e. The van der Waals surface area contributed by atoms with Gasteiger partial charge in [-0.3, -0.25) is 14.9 Å². The minimum absolute atomic E-state index is 0.0737. The SMILES string of the molecule is O=C(c1ccccc1)c1ccc(SCCOc2ccc(Br)cc2)c([N+](=O)[O-])c1. The maximum atomic E-state index is 12.5. The molecule has 0 aliphatic rings. The van der Waals surface area contributed by atoms with Crippen molar-refractivity contribution in [2.24, 2.45) is 0 Å². The Morgan fingerprint density at radius 2 is 1.71 bits per heavy atom. The summed E-state index contributed by atoms with van der Waals surface area (Å²) in [7, 11) is 0. The van der Waals surface area contributed by atoms with E-state index in [9.17, 15) is 14.9 Å². The van der Waals surface area contributed by atoms with Crippen molar-refractivity contribution in [3.05, 3.63) is 98.5 Å². The summed E-state index contributed by atoms with van der Waals surface area (Å²) in [5, 5.41) is 11.5. The van der Waals surface area contributed by atoms with Crippen molar-refractivity contribution >= 4 is 39.2 Å². The number of benzene rings is 3. The molecule has 0 N–H and O–H groups in total. The van der Waals surface area contributed by atoms with Gasteiger partial charge in [-0.25, -0.2) is 0 Å². The number of ether oxygens (including phenoxy) is 1. The fourth-order valence-corrected chi connectivity index (χ4v) is 3.62. The lowest BCUT2D eigenvalue weighted by atomic mass is 10.0. The van der Waals surface area contributed by atoms with Crippen LogP contribution in [0.5, 0.6) is 5.75 Å². The van der Waals surface area contributed by atoms with Gasteiger partial charge >= 0.3 is 0 Å². The van der Waals surface area contributed by atoms with Gasteiger partial charge in [-0.15, -0.1) is 11.8 Å². The van der Waals surface area contributed by atoms with E-state index in [0.29, 0.717) is 28.4 Å². The number of ketones is 1. The molecule has 0 spiro atoms. The number of nitro groups is 1. The van der Waals surface area contributed by atoms with Crippen molar-refractivity contribution in [3.8, 4) is 5.75 Å². The zero-order valence-corrected chi connectivity index (χ0v) is 17.1. The van der Waals surface area contributed by atoms with Crippen LogP contribution in [0.1, 0.15) is 15.9 Å². The minimum atomic E-state index is -0.459. The summed E-state index contributed by atoms with van der Waals surface area (Å²) in [4.78, 5) is 24.0. The monoisotopic (exact) mass is 457 g/mol. The van der Waals surface area contributed by atoms with Crippen LogP contribution < -0.4 is 4.74 Å². The van der Waals surface area contributed by atoms with Crippen molar-refractivity contribution in [2.45, 2.75) is 4.90 Å². The van der Waals surface area contributed by atoms with Gasteiger partial charge in [0.2, 0.25) is 0 Å². The van der Waals surface area contributed by atoms with Crippen molar-refractivity contribution in [2.75, 3.05) is 12.4 Å². The fourth-order valence-electron chi connectivity index (χ4n) is 2.52. The van der Waals surface area contributed by atoms with Crippen molar-refractivity contribution in [1.29, 1.82) is 0 Å². The lowest BCUT2D eigenvalue weighted by molar-refractivity contribution is -0.387. The van der Waals surface area contributed by atoms with Crippen LogP contribution in [-0.2, 0) is 0 Å². The number of halogens is 1. The molecule has 0 heterocycles. The molecule has 0 saturated carbocycles. The molecule has 0 bridgehead atoms. The average Bonchev–Trinajstić information content (AvgIpc) is 2.72. The molecule has 0 amide bonds. The molecular weight excluding hydrogens is 442 g/mol.